The Kier molecular flexibility index (Phi) is 14.6. The topological polar surface area (TPSA) is 192 Å². The Morgan fingerprint density at radius 1 is 0.365 bits per heavy atom. The van der Waals surface area contributed by atoms with E-state index < -0.39 is 70.0 Å². The highest BCUT2D eigenvalue weighted by Gasteiger charge is 2.62. The summed E-state index contributed by atoms with van der Waals surface area (Å²) in [6.45, 7) is -1.04. The van der Waals surface area contributed by atoms with Crippen molar-refractivity contribution in [3.8, 4) is 0 Å². The van der Waals surface area contributed by atoms with Crippen LogP contribution in [0.3, 0.4) is 0 Å². The number of esters is 4. The Morgan fingerprint density at radius 2 is 0.635 bits per heavy atom. The lowest BCUT2D eigenvalue weighted by molar-refractivity contribution is -0.191. The zero-order valence-electron chi connectivity index (χ0n) is 50.6. The van der Waals surface area contributed by atoms with Crippen molar-refractivity contribution in [1.29, 1.82) is 0 Å². The number of ketones is 4. The van der Waals surface area contributed by atoms with Crippen LogP contribution >= 0.6 is 22.7 Å². The number of benzene rings is 8. The summed E-state index contributed by atoms with van der Waals surface area (Å²) in [6.07, 6.45) is 10.2. The quantitative estimate of drug-likeness (QED) is 0.0328. The maximum absolute atomic E-state index is 15.5. The molecule has 0 saturated heterocycles. The van der Waals surface area contributed by atoms with Crippen LogP contribution < -0.4 is 0 Å². The van der Waals surface area contributed by atoms with E-state index in [0.29, 0.717) is 52.9 Å². The molecule has 2 aliphatic heterocycles. The van der Waals surface area contributed by atoms with Crippen LogP contribution in [0.5, 0.6) is 0 Å². The average Bonchev–Trinajstić information content (AvgIpc) is 1.30. The molecule has 0 radical (unpaired) electrons. The standard InChI is InChI=1S/C80H50O14S2/c81-69-57-29-49-25-13-14-26-50(49)30-58(57)70(82)63(69)37-55-39-65-73(95-55)61-33-54-36-68-62(34-53(54)35-67(61)93-79(65,75(85)89-41-45-17-5-1-6-18-45)76(86)90-42-46-19-7-2-8-20-46)74-66(40-56(96-74)38-64-71(83)59-31-51-27-15-16-28-52(51)32-60(59)72(64)84)80(94-68,77(87)91-43-47-21-9-3-10-22-47)78(88)92-44-48-23-11-4-12-24-48/h1-40,53-54H,41-44H2. The zero-order chi connectivity index (χ0) is 65.4. The van der Waals surface area contributed by atoms with Crippen molar-refractivity contribution < 1.29 is 66.8 Å². The number of ether oxygens (including phenoxy) is 6. The number of hydrogen-bond acceptors (Lipinski definition) is 16. The van der Waals surface area contributed by atoms with Crippen LogP contribution in [0, 0.1) is 11.8 Å². The summed E-state index contributed by atoms with van der Waals surface area (Å²) in [5.41, 5.74) is -1.23. The van der Waals surface area contributed by atoms with E-state index in [1.54, 1.807) is 146 Å². The van der Waals surface area contributed by atoms with Gasteiger partial charge in [-0.15, -0.1) is 22.7 Å². The van der Waals surface area contributed by atoms with Crippen LogP contribution in [-0.2, 0) is 85.2 Å². The molecular formula is C80H50O14S2. The molecule has 2 atom stereocenters. The van der Waals surface area contributed by atoms with E-state index in [1.807, 2.05) is 84.9 Å². The lowest BCUT2D eigenvalue weighted by Gasteiger charge is -2.41. The van der Waals surface area contributed by atoms with Gasteiger partial charge in [0.25, 0.3) is 0 Å². The fourth-order valence-electron chi connectivity index (χ4n) is 13.1. The van der Waals surface area contributed by atoms with Gasteiger partial charge in [-0.1, -0.05) is 182 Å². The molecular weight excluding hydrogens is 1250 g/mol. The number of fused-ring (bicyclic) bond motifs is 11. The van der Waals surface area contributed by atoms with Gasteiger partial charge in [0.05, 0.1) is 11.1 Å². The van der Waals surface area contributed by atoms with Gasteiger partial charge >= 0.3 is 35.1 Å². The molecule has 0 bridgehead atoms. The predicted molar refractivity (Wildman–Crippen MR) is 359 cm³/mol. The molecule has 0 saturated carbocycles. The first-order valence-electron chi connectivity index (χ1n) is 30.9. The van der Waals surface area contributed by atoms with Crippen LogP contribution in [0.25, 0.3) is 44.8 Å². The molecule has 0 spiro atoms. The minimum Gasteiger partial charge on any atom is -0.459 e. The van der Waals surface area contributed by atoms with E-state index in [0.717, 1.165) is 44.2 Å². The maximum Gasteiger partial charge on any atom is 0.367 e. The van der Waals surface area contributed by atoms with E-state index in [-0.39, 0.29) is 82.5 Å². The second-order valence-electron chi connectivity index (χ2n) is 23.9. The number of allylic oxidation sites excluding steroid dienone is 8. The van der Waals surface area contributed by atoms with Crippen molar-refractivity contribution in [1.82, 2.24) is 0 Å². The Hall–Kier alpha value is -11.7. The van der Waals surface area contributed by atoms with Gasteiger partial charge in [-0.25, -0.2) is 19.2 Å². The molecule has 0 amide bonds. The molecule has 2 unspecified atom stereocenters. The fourth-order valence-corrected chi connectivity index (χ4v) is 15.5. The normalized spacial score (nSPS) is 17.3. The van der Waals surface area contributed by atoms with E-state index in [9.17, 15) is 19.2 Å². The van der Waals surface area contributed by atoms with E-state index >= 15 is 19.2 Å². The van der Waals surface area contributed by atoms with Crippen molar-refractivity contribution in [3.05, 3.63) is 328 Å². The molecule has 2 aromatic heterocycles. The molecule has 6 aliphatic rings. The molecule has 0 N–H and O–H groups in total. The van der Waals surface area contributed by atoms with Gasteiger partial charge in [0, 0.05) is 75.9 Å². The third-order valence-electron chi connectivity index (χ3n) is 18.0. The van der Waals surface area contributed by atoms with Gasteiger partial charge in [0.2, 0.25) is 0 Å². The fraction of sp³-hybridized carbons (Fsp3) is 0.100. The lowest BCUT2D eigenvalue weighted by Crippen LogP contribution is -2.51. The first kappa shape index (κ1) is 59.3. The Morgan fingerprint density at radius 3 is 0.917 bits per heavy atom. The Labute approximate surface area is 555 Å². The smallest absolute Gasteiger partial charge is 0.367 e. The largest absolute Gasteiger partial charge is 0.459 e. The average molecular weight is 1300 g/mol. The summed E-state index contributed by atoms with van der Waals surface area (Å²) in [6, 6.07) is 60.4. The predicted octanol–water partition coefficient (Wildman–Crippen LogP) is 15.0. The number of Topliss-reactive ketones (excluding diaryl/α,β-unsaturated/α-hetero) is 4. The molecule has 16 heteroatoms. The third-order valence-corrected chi connectivity index (χ3v) is 20.2. The minimum absolute atomic E-state index is 0.0221. The van der Waals surface area contributed by atoms with Gasteiger partial charge in [-0.05, 0) is 105 Å². The van der Waals surface area contributed by atoms with Crippen molar-refractivity contribution in [3.63, 3.8) is 0 Å². The molecule has 10 aromatic rings. The van der Waals surface area contributed by atoms with Crippen molar-refractivity contribution in [2.45, 2.75) is 37.6 Å². The molecule has 14 nitrogen and oxygen atoms in total. The highest BCUT2D eigenvalue weighted by atomic mass is 32.1. The monoisotopic (exact) mass is 1300 g/mol. The summed E-state index contributed by atoms with van der Waals surface area (Å²) < 4.78 is 38.4. The van der Waals surface area contributed by atoms with Crippen LogP contribution in [0.4, 0.5) is 0 Å². The van der Waals surface area contributed by atoms with E-state index in [2.05, 4.69) is 0 Å². The second-order valence-corrected chi connectivity index (χ2v) is 26.1. The van der Waals surface area contributed by atoms with Crippen LogP contribution in [0.2, 0.25) is 0 Å². The van der Waals surface area contributed by atoms with Crippen molar-refractivity contribution in [2.24, 2.45) is 11.8 Å². The zero-order valence-corrected chi connectivity index (χ0v) is 52.2. The Bertz CT molecular complexity index is 4690. The summed E-state index contributed by atoms with van der Waals surface area (Å²) in [7, 11) is 0. The van der Waals surface area contributed by atoms with Gasteiger partial charge in [-0.2, -0.15) is 0 Å². The summed E-state index contributed by atoms with van der Waals surface area (Å²) >= 11 is 2.23. The molecule has 96 heavy (non-hydrogen) atoms. The molecule has 4 heterocycles. The number of carbonyl (C=O) groups is 8. The Balaban J connectivity index is 0.848. The van der Waals surface area contributed by atoms with Gasteiger partial charge in [-0.3, -0.25) is 19.2 Å². The van der Waals surface area contributed by atoms with E-state index in [4.69, 9.17) is 28.4 Å². The minimum atomic E-state index is -2.64. The van der Waals surface area contributed by atoms with Gasteiger partial charge < -0.3 is 28.4 Å². The molecule has 16 rings (SSSR count). The van der Waals surface area contributed by atoms with Crippen molar-refractivity contribution in [2.75, 3.05) is 0 Å². The van der Waals surface area contributed by atoms with Crippen LogP contribution in [-0.4, -0.2) is 47.0 Å². The summed E-state index contributed by atoms with van der Waals surface area (Å²) in [4.78, 5) is 121. The van der Waals surface area contributed by atoms with Crippen LogP contribution in [0.1, 0.15) is 94.3 Å². The summed E-state index contributed by atoms with van der Waals surface area (Å²) in [5.74, 6) is -7.55. The first-order valence-corrected chi connectivity index (χ1v) is 32.5. The second kappa shape index (κ2) is 23.7. The van der Waals surface area contributed by atoms with E-state index in [1.165, 1.54) is 12.2 Å². The number of hydrogen-bond donors (Lipinski definition) is 0. The highest BCUT2D eigenvalue weighted by Crippen LogP contribution is 2.57. The van der Waals surface area contributed by atoms with Crippen molar-refractivity contribution >= 4 is 115 Å². The van der Waals surface area contributed by atoms with Crippen LogP contribution in [0.15, 0.2) is 253 Å². The summed E-state index contributed by atoms with van der Waals surface area (Å²) in [5, 5.41) is 3.11. The third kappa shape index (κ3) is 10.1. The molecule has 8 aromatic carbocycles. The molecule has 4 aliphatic carbocycles. The SMILES string of the molecule is O=C1C(=Cc2cc3c(s2)C2=CC4C=C5OC(C(=O)OCc6ccccc6)(C(=O)OCc6ccccc6)c6cc(C=C7C(=O)c8cc9ccccc9cc8C7=O)sc6C5=CC4C=C2OC3(C(=O)OCc2ccccc2)C(=O)OCc2ccccc2)C(=O)c2cc3ccccc3cc21. The number of carbonyl (C=O) groups excluding carboxylic acids is 8. The number of thiophene rings is 2. The van der Waals surface area contributed by atoms with Gasteiger partial charge in [0.15, 0.2) is 23.1 Å². The maximum atomic E-state index is 15.5. The lowest BCUT2D eigenvalue weighted by atomic mass is 9.75. The highest BCUT2D eigenvalue weighted by molar-refractivity contribution is 7.14. The first-order chi connectivity index (χ1) is 46.8. The molecule has 0 fully saturated rings. The van der Waals surface area contributed by atoms with Gasteiger partial charge in [0.1, 0.15) is 37.9 Å². The number of rotatable bonds is 14. The molecule has 466 valence electrons.